The van der Waals surface area contributed by atoms with Crippen molar-refractivity contribution in [3.8, 4) is 0 Å². The molecule has 0 amide bonds. The number of aliphatic hydroxyl groups excluding tert-OH is 1. The number of hydrogen-bond acceptors (Lipinski definition) is 7. The summed E-state index contributed by atoms with van der Waals surface area (Å²) in [5.74, 6) is -0.625. The van der Waals surface area contributed by atoms with Gasteiger partial charge in [0.05, 0.1) is 24.9 Å². The van der Waals surface area contributed by atoms with Crippen LogP contribution in [0.25, 0.3) is 6.08 Å². The van der Waals surface area contributed by atoms with Crippen molar-refractivity contribution >= 4 is 19.2 Å². The van der Waals surface area contributed by atoms with E-state index in [0.717, 1.165) is 0 Å². The molecule has 0 saturated carbocycles. The molecule has 1 aliphatic heterocycles. The first-order chi connectivity index (χ1) is 10.7. The van der Waals surface area contributed by atoms with Crippen LogP contribution in [0.3, 0.4) is 0 Å². The molecule has 8 heteroatoms. The summed E-state index contributed by atoms with van der Waals surface area (Å²) >= 11 is 0. The molecule has 1 aromatic rings. The average Bonchev–Trinajstić information content (AvgIpc) is 2.72. The Morgan fingerprint density at radius 2 is 1.78 bits per heavy atom. The lowest BCUT2D eigenvalue weighted by Gasteiger charge is -2.32. The van der Waals surface area contributed by atoms with Gasteiger partial charge >= 0.3 is 13.1 Å². The van der Waals surface area contributed by atoms with E-state index in [-0.39, 0.29) is 12.4 Å². The lowest BCUT2D eigenvalue weighted by atomic mass is 9.78. The number of carbonyl (C=O) groups excluding carboxylic acids is 1. The molecule has 0 aliphatic carbocycles. The summed E-state index contributed by atoms with van der Waals surface area (Å²) < 4.78 is 16.4. The summed E-state index contributed by atoms with van der Waals surface area (Å²) in [5, 5.41) is 9.63. The third-order valence-electron chi connectivity index (χ3n) is 4.13. The minimum Gasteiger partial charge on any atom is -0.463 e. The van der Waals surface area contributed by atoms with Crippen LogP contribution in [0.5, 0.6) is 0 Å². The lowest BCUT2D eigenvalue weighted by molar-refractivity contribution is 0.00578. The van der Waals surface area contributed by atoms with Gasteiger partial charge in [-0.05, 0) is 33.2 Å². The van der Waals surface area contributed by atoms with Gasteiger partial charge in [-0.15, -0.1) is 0 Å². The van der Waals surface area contributed by atoms with Gasteiger partial charge in [-0.25, -0.2) is 14.8 Å². The Morgan fingerprint density at radius 1 is 1.26 bits per heavy atom. The fourth-order valence-electron chi connectivity index (χ4n) is 2.01. The largest absolute Gasteiger partial charge is 0.492 e. The second-order valence-electron chi connectivity index (χ2n) is 6.30. The Labute approximate surface area is 135 Å². The summed E-state index contributed by atoms with van der Waals surface area (Å²) in [6.45, 7) is 7.54. The molecule has 1 fully saturated rings. The fourth-order valence-corrected chi connectivity index (χ4v) is 2.01. The first-order valence-corrected chi connectivity index (χ1v) is 7.27. The SMILES string of the molecule is COC(=O)c1ncc(C=C(CO)B2OC(C)(C)C(C)(C)O2)cn1. The molecule has 0 spiro atoms. The summed E-state index contributed by atoms with van der Waals surface area (Å²) in [6, 6.07) is 0. The van der Waals surface area contributed by atoms with Crippen LogP contribution in [0.4, 0.5) is 0 Å². The Hall–Kier alpha value is -1.77. The van der Waals surface area contributed by atoms with Gasteiger partial charge in [0.1, 0.15) is 0 Å². The van der Waals surface area contributed by atoms with Gasteiger partial charge < -0.3 is 19.2 Å². The van der Waals surface area contributed by atoms with Gasteiger partial charge in [0.25, 0.3) is 0 Å². The zero-order chi connectivity index (χ0) is 17.3. The molecule has 0 atom stereocenters. The molecule has 1 saturated heterocycles. The quantitative estimate of drug-likeness (QED) is 0.660. The summed E-state index contributed by atoms with van der Waals surface area (Å²) in [7, 11) is 0.618. The Kier molecular flexibility index (Phi) is 4.88. The number of methoxy groups -OCH3 is 1. The molecule has 23 heavy (non-hydrogen) atoms. The van der Waals surface area contributed by atoms with E-state index >= 15 is 0 Å². The van der Waals surface area contributed by atoms with Crippen LogP contribution in [0.2, 0.25) is 0 Å². The molecule has 7 nitrogen and oxygen atoms in total. The van der Waals surface area contributed by atoms with Crippen molar-refractivity contribution in [2.75, 3.05) is 13.7 Å². The zero-order valence-corrected chi connectivity index (χ0v) is 14.0. The molecule has 0 unspecified atom stereocenters. The van der Waals surface area contributed by atoms with Crippen molar-refractivity contribution in [1.29, 1.82) is 0 Å². The highest BCUT2D eigenvalue weighted by Gasteiger charge is 2.52. The Bertz CT molecular complexity index is 597. The maximum atomic E-state index is 11.3. The molecule has 0 bridgehead atoms. The van der Waals surface area contributed by atoms with Crippen molar-refractivity contribution < 1.29 is 23.9 Å². The molecule has 1 aliphatic rings. The van der Waals surface area contributed by atoms with Crippen molar-refractivity contribution in [3.63, 3.8) is 0 Å². The lowest BCUT2D eigenvalue weighted by Crippen LogP contribution is -2.41. The van der Waals surface area contributed by atoms with E-state index in [1.54, 1.807) is 6.08 Å². The monoisotopic (exact) mass is 320 g/mol. The van der Waals surface area contributed by atoms with E-state index in [9.17, 15) is 9.90 Å². The van der Waals surface area contributed by atoms with Crippen LogP contribution in [0, 0.1) is 0 Å². The highest BCUT2D eigenvalue weighted by atomic mass is 16.7. The number of esters is 1. The van der Waals surface area contributed by atoms with E-state index in [0.29, 0.717) is 11.0 Å². The number of aromatic nitrogens is 2. The number of rotatable bonds is 4. The van der Waals surface area contributed by atoms with E-state index in [2.05, 4.69) is 14.7 Å². The van der Waals surface area contributed by atoms with Gasteiger partial charge in [0.15, 0.2) is 0 Å². The number of hydrogen-bond donors (Lipinski definition) is 1. The second kappa shape index (κ2) is 6.39. The molecule has 2 rings (SSSR count). The van der Waals surface area contributed by atoms with Crippen LogP contribution >= 0.6 is 0 Å². The molecule has 1 aromatic heterocycles. The first-order valence-electron chi connectivity index (χ1n) is 7.27. The molecule has 0 radical (unpaired) electrons. The predicted molar refractivity (Wildman–Crippen MR) is 84.5 cm³/mol. The van der Waals surface area contributed by atoms with Gasteiger partial charge in [-0.3, -0.25) is 0 Å². The molecule has 0 aromatic carbocycles. The Morgan fingerprint density at radius 3 is 2.22 bits per heavy atom. The smallest absolute Gasteiger partial charge is 0.463 e. The van der Waals surface area contributed by atoms with Crippen LogP contribution in [-0.2, 0) is 14.0 Å². The number of ether oxygens (including phenoxy) is 1. The standard InChI is InChI=1S/C15H21BN2O5/c1-14(2)15(3,4)23-16(22-14)11(9-19)6-10-7-17-12(18-8-10)13(20)21-5/h6-8,19H,9H2,1-5H3. The number of carbonyl (C=O) groups is 1. The molecule has 2 heterocycles. The topological polar surface area (TPSA) is 90.8 Å². The molecule has 1 N–H and O–H groups in total. The third-order valence-corrected chi connectivity index (χ3v) is 4.13. The van der Waals surface area contributed by atoms with Crippen molar-refractivity contribution in [1.82, 2.24) is 9.97 Å². The van der Waals surface area contributed by atoms with Gasteiger partial charge in [-0.1, -0.05) is 6.08 Å². The normalized spacial score (nSPS) is 19.7. The average molecular weight is 320 g/mol. The van der Waals surface area contributed by atoms with Crippen LogP contribution in [-0.4, -0.2) is 53.1 Å². The van der Waals surface area contributed by atoms with Crippen LogP contribution in [0.1, 0.15) is 43.9 Å². The van der Waals surface area contributed by atoms with Gasteiger partial charge in [0, 0.05) is 18.0 Å². The first kappa shape index (κ1) is 17.6. The summed E-state index contributed by atoms with van der Waals surface area (Å²) in [5.41, 5.74) is 0.198. The molecular weight excluding hydrogens is 299 g/mol. The summed E-state index contributed by atoms with van der Waals surface area (Å²) in [6.07, 6.45) is 4.63. The fraction of sp³-hybridized carbons (Fsp3) is 0.533. The van der Waals surface area contributed by atoms with Crippen LogP contribution < -0.4 is 0 Å². The Balaban J connectivity index is 2.21. The third kappa shape index (κ3) is 3.60. The van der Waals surface area contributed by atoms with Gasteiger partial charge in [0.2, 0.25) is 5.82 Å². The van der Waals surface area contributed by atoms with Crippen molar-refractivity contribution in [2.24, 2.45) is 0 Å². The number of aliphatic hydroxyl groups is 1. The molecule has 124 valence electrons. The maximum absolute atomic E-state index is 11.3. The van der Waals surface area contributed by atoms with Crippen molar-refractivity contribution in [2.45, 2.75) is 38.9 Å². The van der Waals surface area contributed by atoms with Crippen molar-refractivity contribution in [3.05, 3.63) is 29.3 Å². The minimum absolute atomic E-state index is 0.0224. The van der Waals surface area contributed by atoms with E-state index in [4.69, 9.17) is 9.31 Å². The van der Waals surface area contributed by atoms with E-state index in [1.807, 2.05) is 27.7 Å². The zero-order valence-electron chi connectivity index (χ0n) is 14.0. The maximum Gasteiger partial charge on any atom is 0.492 e. The van der Waals surface area contributed by atoms with Crippen LogP contribution in [0.15, 0.2) is 17.9 Å². The van der Waals surface area contributed by atoms with E-state index < -0.39 is 24.3 Å². The highest BCUT2D eigenvalue weighted by Crippen LogP contribution is 2.38. The second-order valence-corrected chi connectivity index (χ2v) is 6.30. The minimum atomic E-state index is -0.648. The predicted octanol–water partition coefficient (Wildman–Crippen LogP) is 1.27. The van der Waals surface area contributed by atoms with E-state index in [1.165, 1.54) is 19.5 Å². The highest BCUT2D eigenvalue weighted by molar-refractivity contribution is 6.55. The number of nitrogens with zero attached hydrogens (tertiary/aromatic N) is 2. The molecular formula is C15H21BN2O5. The summed E-state index contributed by atoms with van der Waals surface area (Å²) in [4.78, 5) is 19.2. The van der Waals surface area contributed by atoms with Gasteiger partial charge in [-0.2, -0.15) is 0 Å².